The Kier molecular flexibility index (Phi) is 4.07. The molecule has 0 aliphatic heterocycles. The van der Waals surface area contributed by atoms with Gasteiger partial charge in [0, 0.05) is 24.9 Å². The Hall–Kier alpha value is -0.880. The lowest BCUT2D eigenvalue weighted by Crippen LogP contribution is -2.06. The summed E-state index contributed by atoms with van der Waals surface area (Å²) in [7, 11) is 0. The molecule has 0 bridgehead atoms. The summed E-state index contributed by atoms with van der Waals surface area (Å²) >= 11 is 5.56. The molecule has 0 spiro atoms. The van der Waals surface area contributed by atoms with E-state index in [1.165, 1.54) is 0 Å². The number of halogens is 2. The average molecular weight is 416 g/mol. The van der Waals surface area contributed by atoms with Crippen LogP contribution in [0.15, 0.2) is 40.9 Å². The van der Waals surface area contributed by atoms with Crippen LogP contribution in [0.4, 0.5) is 5.69 Å². The second-order valence-electron chi connectivity index (χ2n) is 4.03. The number of aryl methyl sites for hydroxylation is 1. The Labute approximate surface area is 128 Å². The first-order valence-corrected chi connectivity index (χ1v) is 7.22. The molecule has 0 aliphatic carbocycles. The van der Waals surface area contributed by atoms with Gasteiger partial charge in [0.2, 0.25) is 0 Å². The van der Waals surface area contributed by atoms with Crippen molar-refractivity contribution in [2.24, 2.45) is 0 Å². The maximum Gasteiger partial charge on any atom is 0.194 e. The number of hydrogen-bond donors (Lipinski definition) is 1. The summed E-state index contributed by atoms with van der Waals surface area (Å²) in [5, 5.41) is 0. The number of rotatable bonds is 2. The third-order valence-electron chi connectivity index (χ3n) is 2.67. The molecule has 2 nitrogen and oxygen atoms in total. The van der Waals surface area contributed by atoms with Gasteiger partial charge in [0.1, 0.15) is 0 Å². The molecule has 0 radical (unpaired) electrons. The number of carbonyl (C=O) groups is 1. The molecule has 2 rings (SSSR count). The fourth-order valence-electron chi connectivity index (χ4n) is 1.76. The number of carbonyl (C=O) groups excluding carboxylic acids is 1. The van der Waals surface area contributed by atoms with Crippen molar-refractivity contribution < 1.29 is 4.79 Å². The van der Waals surface area contributed by atoms with Crippen LogP contribution in [0, 0.1) is 10.5 Å². The van der Waals surface area contributed by atoms with Crippen LogP contribution in [0.25, 0.3) is 0 Å². The summed E-state index contributed by atoms with van der Waals surface area (Å²) in [6.45, 7) is 1.90. The Bertz CT molecular complexity index is 625. The predicted octanol–water partition coefficient (Wildman–Crippen LogP) is 4.18. The third kappa shape index (κ3) is 2.75. The van der Waals surface area contributed by atoms with Crippen molar-refractivity contribution in [1.82, 2.24) is 0 Å². The zero-order chi connectivity index (χ0) is 13.3. The van der Waals surface area contributed by atoms with Crippen LogP contribution in [0.3, 0.4) is 0 Å². The van der Waals surface area contributed by atoms with Crippen LogP contribution in [0.2, 0.25) is 0 Å². The van der Waals surface area contributed by atoms with Crippen LogP contribution >= 0.6 is 38.5 Å². The number of nitrogens with two attached hydrogens (primary N) is 1. The highest BCUT2D eigenvalue weighted by Gasteiger charge is 2.15. The maximum atomic E-state index is 12.5. The lowest BCUT2D eigenvalue weighted by atomic mass is 9.99. The monoisotopic (exact) mass is 415 g/mol. The molecule has 0 fully saturated rings. The van der Waals surface area contributed by atoms with E-state index in [0.29, 0.717) is 16.8 Å². The second-order valence-corrected chi connectivity index (χ2v) is 6.11. The Morgan fingerprint density at radius 1 is 1.17 bits per heavy atom. The first-order chi connectivity index (χ1) is 8.49. The summed E-state index contributed by atoms with van der Waals surface area (Å²) in [5.74, 6) is 0.0261. The third-order valence-corrected chi connectivity index (χ3v) is 4.10. The lowest BCUT2D eigenvalue weighted by molar-refractivity contribution is 0.103. The molecule has 0 amide bonds. The van der Waals surface area contributed by atoms with E-state index in [-0.39, 0.29) is 5.78 Å². The van der Waals surface area contributed by atoms with Crippen molar-refractivity contribution in [3.8, 4) is 0 Å². The number of benzene rings is 2. The number of anilines is 1. The van der Waals surface area contributed by atoms with Gasteiger partial charge < -0.3 is 5.73 Å². The number of nitrogen functional groups attached to an aromatic ring is 1. The van der Waals surface area contributed by atoms with Gasteiger partial charge in [-0.3, -0.25) is 4.79 Å². The molecule has 0 aromatic heterocycles. The molecule has 2 aromatic rings. The van der Waals surface area contributed by atoms with Gasteiger partial charge in [-0.1, -0.05) is 15.9 Å². The van der Waals surface area contributed by atoms with Gasteiger partial charge in [-0.2, -0.15) is 0 Å². The highest BCUT2D eigenvalue weighted by molar-refractivity contribution is 14.1. The van der Waals surface area contributed by atoms with Gasteiger partial charge in [0.15, 0.2) is 5.78 Å². The van der Waals surface area contributed by atoms with E-state index in [2.05, 4.69) is 38.5 Å². The molecule has 0 heterocycles. The molecule has 18 heavy (non-hydrogen) atoms. The minimum Gasteiger partial charge on any atom is -0.399 e. The normalized spacial score (nSPS) is 10.4. The van der Waals surface area contributed by atoms with Crippen molar-refractivity contribution in [1.29, 1.82) is 0 Å². The van der Waals surface area contributed by atoms with E-state index in [0.717, 1.165) is 13.6 Å². The highest BCUT2D eigenvalue weighted by Crippen LogP contribution is 2.23. The molecule has 2 aromatic carbocycles. The van der Waals surface area contributed by atoms with Crippen LogP contribution < -0.4 is 5.73 Å². The smallest absolute Gasteiger partial charge is 0.194 e. The summed E-state index contributed by atoms with van der Waals surface area (Å²) in [4.78, 5) is 12.5. The lowest BCUT2D eigenvalue weighted by Gasteiger charge is -2.08. The summed E-state index contributed by atoms with van der Waals surface area (Å²) < 4.78 is 1.84. The fraction of sp³-hybridized carbons (Fsp3) is 0.0714. The van der Waals surface area contributed by atoms with Crippen molar-refractivity contribution in [2.75, 3.05) is 5.73 Å². The van der Waals surface area contributed by atoms with Gasteiger partial charge in [0.05, 0.1) is 0 Å². The van der Waals surface area contributed by atoms with Gasteiger partial charge in [-0.15, -0.1) is 0 Å². The van der Waals surface area contributed by atoms with E-state index in [1.807, 2.05) is 31.2 Å². The Morgan fingerprint density at radius 2 is 1.89 bits per heavy atom. The molecule has 0 saturated carbocycles. The maximum absolute atomic E-state index is 12.5. The molecule has 4 heteroatoms. The Morgan fingerprint density at radius 3 is 2.56 bits per heavy atom. The molecular formula is C14H11BrINO. The molecule has 0 aliphatic rings. The summed E-state index contributed by atoms with van der Waals surface area (Å²) in [6, 6.07) is 11.0. The van der Waals surface area contributed by atoms with Crippen LogP contribution in [0.5, 0.6) is 0 Å². The summed E-state index contributed by atoms with van der Waals surface area (Å²) in [6.07, 6.45) is 0. The zero-order valence-electron chi connectivity index (χ0n) is 9.71. The van der Waals surface area contributed by atoms with Crippen LogP contribution in [-0.4, -0.2) is 5.78 Å². The number of hydrogen-bond acceptors (Lipinski definition) is 2. The van der Waals surface area contributed by atoms with E-state index >= 15 is 0 Å². The zero-order valence-corrected chi connectivity index (χ0v) is 13.4. The van der Waals surface area contributed by atoms with E-state index in [1.54, 1.807) is 12.1 Å². The standard InChI is InChI=1S/C14H11BrINO/c1-8-6-10(17)3-4-11(8)14(18)12-7-9(15)2-5-13(12)16/h2-7H,17H2,1H3. The summed E-state index contributed by atoms with van der Waals surface area (Å²) in [5.41, 5.74) is 8.67. The SMILES string of the molecule is Cc1cc(N)ccc1C(=O)c1cc(Br)ccc1I. The van der Waals surface area contributed by atoms with Crippen LogP contribution in [0.1, 0.15) is 21.5 Å². The molecule has 92 valence electrons. The van der Waals surface area contributed by atoms with E-state index in [4.69, 9.17) is 5.73 Å². The highest BCUT2D eigenvalue weighted by atomic mass is 127. The van der Waals surface area contributed by atoms with E-state index < -0.39 is 0 Å². The van der Waals surface area contributed by atoms with Crippen molar-refractivity contribution >= 4 is 50.0 Å². The Balaban J connectivity index is 2.51. The molecule has 0 saturated heterocycles. The first kappa shape index (κ1) is 13.5. The average Bonchev–Trinajstić information content (AvgIpc) is 2.31. The predicted molar refractivity (Wildman–Crippen MR) is 85.9 cm³/mol. The van der Waals surface area contributed by atoms with E-state index in [9.17, 15) is 4.79 Å². The number of ketones is 1. The fourth-order valence-corrected chi connectivity index (χ4v) is 2.70. The van der Waals surface area contributed by atoms with Crippen molar-refractivity contribution in [2.45, 2.75) is 6.92 Å². The molecular weight excluding hydrogens is 405 g/mol. The molecule has 0 atom stereocenters. The van der Waals surface area contributed by atoms with Crippen molar-refractivity contribution in [3.05, 3.63) is 61.1 Å². The second kappa shape index (κ2) is 5.40. The minimum atomic E-state index is 0.0261. The molecule has 2 N–H and O–H groups in total. The first-order valence-electron chi connectivity index (χ1n) is 5.35. The topological polar surface area (TPSA) is 43.1 Å². The minimum absolute atomic E-state index is 0.0261. The van der Waals surface area contributed by atoms with Crippen LogP contribution in [-0.2, 0) is 0 Å². The van der Waals surface area contributed by atoms with Gasteiger partial charge in [-0.25, -0.2) is 0 Å². The van der Waals surface area contributed by atoms with Crippen molar-refractivity contribution in [3.63, 3.8) is 0 Å². The quantitative estimate of drug-likeness (QED) is 0.454. The van der Waals surface area contributed by atoms with Gasteiger partial charge in [0.25, 0.3) is 0 Å². The molecule has 0 unspecified atom stereocenters. The van der Waals surface area contributed by atoms with Gasteiger partial charge >= 0.3 is 0 Å². The van der Waals surface area contributed by atoms with Gasteiger partial charge in [-0.05, 0) is 71.5 Å². The largest absolute Gasteiger partial charge is 0.399 e.